The predicted octanol–water partition coefficient (Wildman–Crippen LogP) is 6.30. The first-order chi connectivity index (χ1) is 16.1. The van der Waals surface area contributed by atoms with E-state index in [0.29, 0.717) is 36.0 Å². The molecule has 1 aromatic heterocycles. The number of benzene rings is 3. The molecule has 4 nitrogen and oxygen atoms in total. The molecule has 0 aliphatic carbocycles. The molecule has 33 heavy (non-hydrogen) atoms. The number of nitrogens with zero attached hydrogens (tertiary/aromatic N) is 2. The van der Waals surface area contributed by atoms with Crippen molar-refractivity contribution in [2.45, 2.75) is 19.7 Å². The fourth-order valence-corrected chi connectivity index (χ4v) is 3.56. The molecular weight excluding hydrogens is 439 g/mol. The highest BCUT2D eigenvalue weighted by atomic mass is 35.5. The van der Waals surface area contributed by atoms with Gasteiger partial charge in [0.2, 0.25) is 0 Å². The zero-order chi connectivity index (χ0) is 23.0. The molecule has 0 spiro atoms. The molecular formula is C27H22ClFN2O2. The summed E-state index contributed by atoms with van der Waals surface area (Å²) < 4.78 is 18.8. The van der Waals surface area contributed by atoms with Crippen molar-refractivity contribution in [2.75, 3.05) is 0 Å². The number of amides is 1. The minimum atomic E-state index is -0.272. The van der Waals surface area contributed by atoms with Gasteiger partial charge in [-0.2, -0.15) is 0 Å². The average Bonchev–Trinajstić information content (AvgIpc) is 2.84. The van der Waals surface area contributed by atoms with Gasteiger partial charge in [-0.1, -0.05) is 48.0 Å². The highest BCUT2D eigenvalue weighted by molar-refractivity contribution is 6.30. The Balaban J connectivity index is 1.46. The lowest BCUT2D eigenvalue weighted by atomic mass is 10.1. The smallest absolute Gasteiger partial charge is 0.254 e. The van der Waals surface area contributed by atoms with Crippen LogP contribution in [0, 0.1) is 5.82 Å². The van der Waals surface area contributed by atoms with Crippen LogP contribution in [0.1, 0.15) is 27.0 Å². The van der Waals surface area contributed by atoms with Crippen LogP contribution in [0.25, 0.3) is 0 Å². The normalized spacial score (nSPS) is 10.6. The standard InChI is InChI=1S/C27H22ClFN2O2/c28-24-5-1-4-23(15-24)27(32)31(18-22-3-2-14-30-16-22)17-20-8-12-26(13-9-20)33-19-21-6-10-25(29)11-7-21/h1-16H,17-19H2. The van der Waals surface area contributed by atoms with Crippen molar-refractivity contribution in [3.8, 4) is 5.75 Å². The van der Waals surface area contributed by atoms with E-state index >= 15 is 0 Å². The lowest BCUT2D eigenvalue weighted by Gasteiger charge is -2.23. The average molecular weight is 461 g/mol. The van der Waals surface area contributed by atoms with Crippen molar-refractivity contribution in [3.05, 3.63) is 130 Å². The van der Waals surface area contributed by atoms with Crippen LogP contribution in [0.5, 0.6) is 5.75 Å². The number of halogens is 2. The molecule has 0 fully saturated rings. The van der Waals surface area contributed by atoms with E-state index in [9.17, 15) is 9.18 Å². The first-order valence-corrected chi connectivity index (χ1v) is 10.8. The fraction of sp³-hybridized carbons (Fsp3) is 0.111. The molecule has 0 bridgehead atoms. The minimum absolute atomic E-state index is 0.113. The molecule has 3 aromatic carbocycles. The molecule has 0 aliphatic heterocycles. The zero-order valence-electron chi connectivity index (χ0n) is 17.8. The van der Waals surface area contributed by atoms with Crippen LogP contribution in [0.4, 0.5) is 4.39 Å². The number of hydrogen-bond donors (Lipinski definition) is 0. The van der Waals surface area contributed by atoms with Crippen molar-refractivity contribution in [1.82, 2.24) is 9.88 Å². The second-order valence-corrected chi connectivity index (χ2v) is 8.03. The first kappa shape index (κ1) is 22.5. The second kappa shape index (κ2) is 10.7. The maximum Gasteiger partial charge on any atom is 0.254 e. The molecule has 0 N–H and O–H groups in total. The Labute approximate surface area is 197 Å². The third-order valence-electron chi connectivity index (χ3n) is 5.07. The Morgan fingerprint density at radius 1 is 0.879 bits per heavy atom. The Morgan fingerprint density at radius 3 is 2.30 bits per heavy atom. The van der Waals surface area contributed by atoms with Crippen molar-refractivity contribution >= 4 is 17.5 Å². The summed E-state index contributed by atoms with van der Waals surface area (Å²) in [5, 5.41) is 0.518. The van der Waals surface area contributed by atoms with Crippen LogP contribution in [-0.4, -0.2) is 15.8 Å². The van der Waals surface area contributed by atoms with Crippen molar-refractivity contribution < 1.29 is 13.9 Å². The van der Waals surface area contributed by atoms with Crippen LogP contribution in [0.3, 0.4) is 0 Å². The van der Waals surface area contributed by atoms with Gasteiger partial charge in [-0.3, -0.25) is 9.78 Å². The molecule has 0 atom stereocenters. The van der Waals surface area contributed by atoms with Gasteiger partial charge in [0.15, 0.2) is 0 Å². The number of hydrogen-bond acceptors (Lipinski definition) is 3. The van der Waals surface area contributed by atoms with Gasteiger partial charge in [0.05, 0.1) is 0 Å². The van der Waals surface area contributed by atoms with Crippen molar-refractivity contribution in [1.29, 1.82) is 0 Å². The van der Waals surface area contributed by atoms with E-state index < -0.39 is 0 Å². The second-order valence-electron chi connectivity index (χ2n) is 7.59. The van der Waals surface area contributed by atoms with Crippen LogP contribution >= 0.6 is 11.6 Å². The topological polar surface area (TPSA) is 42.4 Å². The molecule has 0 saturated heterocycles. The molecule has 4 rings (SSSR count). The number of rotatable bonds is 8. The van der Waals surface area contributed by atoms with Crippen molar-refractivity contribution in [2.24, 2.45) is 0 Å². The highest BCUT2D eigenvalue weighted by Gasteiger charge is 2.17. The van der Waals surface area contributed by atoms with E-state index in [1.807, 2.05) is 36.4 Å². The van der Waals surface area contributed by atoms with Gasteiger partial charge in [0.1, 0.15) is 18.2 Å². The lowest BCUT2D eigenvalue weighted by molar-refractivity contribution is 0.0730. The molecule has 0 saturated carbocycles. The van der Waals surface area contributed by atoms with Gasteiger partial charge >= 0.3 is 0 Å². The molecule has 6 heteroatoms. The summed E-state index contributed by atoms with van der Waals surface area (Å²) in [7, 11) is 0. The summed E-state index contributed by atoms with van der Waals surface area (Å²) in [6, 6.07) is 24.6. The first-order valence-electron chi connectivity index (χ1n) is 10.5. The lowest BCUT2D eigenvalue weighted by Crippen LogP contribution is -2.30. The van der Waals surface area contributed by atoms with Gasteiger partial charge in [0.25, 0.3) is 5.91 Å². The zero-order valence-corrected chi connectivity index (χ0v) is 18.6. The number of carbonyl (C=O) groups is 1. The van der Waals surface area contributed by atoms with E-state index in [2.05, 4.69) is 4.98 Å². The van der Waals surface area contributed by atoms with Gasteiger partial charge in [-0.05, 0) is 65.2 Å². The molecule has 1 amide bonds. The Kier molecular flexibility index (Phi) is 7.33. The van der Waals surface area contributed by atoms with Crippen LogP contribution in [0.15, 0.2) is 97.3 Å². The summed E-state index contributed by atoms with van der Waals surface area (Å²) in [5.41, 5.74) is 3.32. The molecule has 166 valence electrons. The quantitative estimate of drug-likeness (QED) is 0.310. The monoisotopic (exact) mass is 460 g/mol. The van der Waals surface area contributed by atoms with Crippen LogP contribution in [-0.2, 0) is 19.7 Å². The molecule has 0 radical (unpaired) electrons. The summed E-state index contributed by atoms with van der Waals surface area (Å²) in [6.07, 6.45) is 3.46. The molecule has 0 unspecified atom stereocenters. The number of aromatic nitrogens is 1. The fourth-order valence-electron chi connectivity index (χ4n) is 3.37. The molecule has 4 aromatic rings. The Bertz CT molecular complexity index is 1200. The van der Waals surface area contributed by atoms with Gasteiger partial charge in [-0.25, -0.2) is 4.39 Å². The van der Waals surface area contributed by atoms with Crippen LogP contribution in [0.2, 0.25) is 5.02 Å². The third-order valence-corrected chi connectivity index (χ3v) is 5.31. The summed E-state index contributed by atoms with van der Waals surface area (Å²) in [5.74, 6) is 0.312. The number of carbonyl (C=O) groups excluding carboxylic acids is 1. The largest absolute Gasteiger partial charge is 0.489 e. The summed E-state index contributed by atoms with van der Waals surface area (Å²) in [6.45, 7) is 1.18. The number of ether oxygens (including phenoxy) is 1. The summed E-state index contributed by atoms with van der Waals surface area (Å²) in [4.78, 5) is 19.2. The summed E-state index contributed by atoms with van der Waals surface area (Å²) >= 11 is 6.10. The van der Waals surface area contributed by atoms with Crippen LogP contribution < -0.4 is 4.74 Å². The van der Waals surface area contributed by atoms with Gasteiger partial charge in [0, 0.05) is 36.1 Å². The van der Waals surface area contributed by atoms with Crippen molar-refractivity contribution in [3.63, 3.8) is 0 Å². The maximum atomic E-state index is 13.3. The molecule has 1 heterocycles. The Hall–Kier alpha value is -3.70. The predicted molar refractivity (Wildman–Crippen MR) is 126 cm³/mol. The molecule has 0 aliphatic rings. The number of pyridine rings is 1. The Morgan fingerprint density at radius 2 is 1.61 bits per heavy atom. The minimum Gasteiger partial charge on any atom is -0.489 e. The van der Waals surface area contributed by atoms with E-state index in [1.165, 1.54) is 12.1 Å². The SMILES string of the molecule is O=C(c1cccc(Cl)c1)N(Cc1ccc(OCc2ccc(F)cc2)cc1)Cc1cccnc1. The van der Waals surface area contributed by atoms with E-state index in [-0.39, 0.29) is 11.7 Å². The van der Waals surface area contributed by atoms with E-state index in [1.54, 1.807) is 53.7 Å². The van der Waals surface area contributed by atoms with Gasteiger partial charge in [-0.15, -0.1) is 0 Å². The highest BCUT2D eigenvalue weighted by Crippen LogP contribution is 2.19. The van der Waals surface area contributed by atoms with Gasteiger partial charge < -0.3 is 9.64 Å². The van der Waals surface area contributed by atoms with E-state index in [0.717, 1.165) is 16.7 Å². The maximum absolute atomic E-state index is 13.3. The van der Waals surface area contributed by atoms with E-state index in [4.69, 9.17) is 16.3 Å². The third kappa shape index (κ3) is 6.40.